The standard InChI is InChI=1S/C23H29NO5S/c1-4-6-7-8-9-16-10-17-11-18(19-14-30-15(3)24-19)23(26)29-21(17)12-20(16)28-13-22(25)27-5-2/h10,12,14,18H,4-9,11,13H2,1-3H3. The fraction of sp³-hybridized carbons (Fsp3) is 0.522. The molecule has 7 heteroatoms. The van der Waals surface area contributed by atoms with E-state index in [2.05, 4.69) is 18.0 Å². The summed E-state index contributed by atoms with van der Waals surface area (Å²) in [7, 11) is 0. The molecule has 30 heavy (non-hydrogen) atoms. The number of hydrogen-bond donors (Lipinski definition) is 0. The quantitative estimate of drug-likeness (QED) is 0.307. The van der Waals surface area contributed by atoms with Crippen LogP contribution in [-0.4, -0.2) is 30.1 Å². The van der Waals surface area contributed by atoms with E-state index < -0.39 is 5.97 Å². The van der Waals surface area contributed by atoms with E-state index in [1.54, 1.807) is 13.0 Å². The predicted molar refractivity (Wildman–Crippen MR) is 115 cm³/mol. The van der Waals surface area contributed by atoms with Gasteiger partial charge in [0, 0.05) is 11.4 Å². The highest BCUT2D eigenvalue weighted by Crippen LogP contribution is 2.38. The number of carbonyl (C=O) groups is 2. The minimum absolute atomic E-state index is 0.163. The van der Waals surface area contributed by atoms with Crippen molar-refractivity contribution in [3.8, 4) is 11.5 Å². The molecular weight excluding hydrogens is 402 g/mol. The molecule has 2 heterocycles. The van der Waals surface area contributed by atoms with Crippen molar-refractivity contribution in [3.05, 3.63) is 39.3 Å². The summed E-state index contributed by atoms with van der Waals surface area (Å²) in [6.45, 7) is 6.02. The highest BCUT2D eigenvalue weighted by atomic mass is 32.1. The summed E-state index contributed by atoms with van der Waals surface area (Å²) < 4.78 is 16.3. The second-order valence-corrected chi connectivity index (χ2v) is 8.50. The topological polar surface area (TPSA) is 74.7 Å². The van der Waals surface area contributed by atoms with Crippen LogP contribution in [0.15, 0.2) is 17.5 Å². The lowest BCUT2D eigenvalue weighted by Crippen LogP contribution is -2.26. The van der Waals surface area contributed by atoms with Crippen molar-refractivity contribution in [1.29, 1.82) is 0 Å². The van der Waals surface area contributed by atoms with Crippen molar-refractivity contribution in [1.82, 2.24) is 4.98 Å². The Morgan fingerprint density at radius 3 is 2.80 bits per heavy atom. The number of hydrogen-bond acceptors (Lipinski definition) is 7. The first-order chi connectivity index (χ1) is 14.5. The van der Waals surface area contributed by atoms with Gasteiger partial charge in [0.05, 0.1) is 17.3 Å². The molecule has 0 fully saturated rings. The summed E-state index contributed by atoms with van der Waals surface area (Å²) in [6, 6.07) is 3.80. The Balaban J connectivity index is 1.82. The summed E-state index contributed by atoms with van der Waals surface area (Å²) in [4.78, 5) is 28.8. The van der Waals surface area contributed by atoms with Crippen molar-refractivity contribution < 1.29 is 23.8 Å². The van der Waals surface area contributed by atoms with Crippen LogP contribution in [0.2, 0.25) is 0 Å². The van der Waals surface area contributed by atoms with Crippen LogP contribution in [0, 0.1) is 6.92 Å². The molecule has 0 N–H and O–H groups in total. The van der Waals surface area contributed by atoms with E-state index in [0.717, 1.165) is 41.1 Å². The van der Waals surface area contributed by atoms with Crippen LogP contribution in [0.4, 0.5) is 0 Å². The number of ether oxygens (including phenoxy) is 3. The molecular formula is C23H29NO5S. The van der Waals surface area contributed by atoms with Gasteiger partial charge in [-0.05, 0) is 50.3 Å². The molecule has 1 aliphatic heterocycles. The zero-order valence-electron chi connectivity index (χ0n) is 17.9. The predicted octanol–water partition coefficient (Wildman–Crippen LogP) is 4.76. The summed E-state index contributed by atoms with van der Waals surface area (Å²) in [5.41, 5.74) is 2.76. The van der Waals surface area contributed by atoms with Crippen molar-refractivity contribution in [2.24, 2.45) is 0 Å². The Morgan fingerprint density at radius 2 is 2.10 bits per heavy atom. The van der Waals surface area contributed by atoms with Gasteiger partial charge in [-0.1, -0.05) is 26.2 Å². The lowest BCUT2D eigenvalue weighted by atomic mass is 9.91. The fourth-order valence-electron chi connectivity index (χ4n) is 3.57. The Morgan fingerprint density at radius 1 is 1.27 bits per heavy atom. The third-order valence-corrected chi connectivity index (χ3v) is 5.90. The van der Waals surface area contributed by atoms with Crippen molar-refractivity contribution in [2.75, 3.05) is 13.2 Å². The van der Waals surface area contributed by atoms with Gasteiger partial charge in [-0.2, -0.15) is 0 Å². The number of thiazole rings is 1. The van der Waals surface area contributed by atoms with E-state index in [9.17, 15) is 9.59 Å². The molecule has 0 amide bonds. The molecule has 2 aromatic rings. The second kappa shape index (κ2) is 10.6. The smallest absolute Gasteiger partial charge is 0.344 e. The highest BCUT2D eigenvalue weighted by Gasteiger charge is 2.32. The highest BCUT2D eigenvalue weighted by molar-refractivity contribution is 7.09. The molecule has 0 aliphatic carbocycles. The van der Waals surface area contributed by atoms with E-state index in [1.807, 2.05) is 12.3 Å². The molecule has 0 saturated heterocycles. The van der Waals surface area contributed by atoms with Gasteiger partial charge < -0.3 is 14.2 Å². The first-order valence-corrected chi connectivity index (χ1v) is 11.5. The van der Waals surface area contributed by atoms with Gasteiger partial charge in [0.1, 0.15) is 17.4 Å². The summed E-state index contributed by atoms with van der Waals surface area (Å²) in [5.74, 6) is -0.0296. The first-order valence-electron chi connectivity index (χ1n) is 10.6. The van der Waals surface area contributed by atoms with Crippen LogP contribution in [0.25, 0.3) is 0 Å². The lowest BCUT2D eigenvalue weighted by Gasteiger charge is -2.24. The minimum atomic E-state index is -0.414. The van der Waals surface area contributed by atoms with Crippen molar-refractivity contribution >= 4 is 23.3 Å². The number of rotatable bonds is 10. The number of unbranched alkanes of at least 4 members (excludes halogenated alkanes) is 3. The summed E-state index contributed by atoms with van der Waals surface area (Å²) in [5, 5.41) is 2.86. The van der Waals surface area contributed by atoms with E-state index >= 15 is 0 Å². The molecule has 1 unspecified atom stereocenters. The van der Waals surface area contributed by atoms with E-state index in [1.165, 1.54) is 24.2 Å². The van der Waals surface area contributed by atoms with Gasteiger partial charge in [0.25, 0.3) is 0 Å². The van der Waals surface area contributed by atoms with Crippen LogP contribution < -0.4 is 9.47 Å². The molecule has 0 bridgehead atoms. The van der Waals surface area contributed by atoms with Gasteiger partial charge in [-0.3, -0.25) is 4.79 Å². The van der Waals surface area contributed by atoms with Crippen molar-refractivity contribution in [2.45, 2.75) is 65.2 Å². The van der Waals surface area contributed by atoms with Crippen LogP contribution in [0.3, 0.4) is 0 Å². The second-order valence-electron chi connectivity index (χ2n) is 7.44. The molecule has 0 saturated carbocycles. The van der Waals surface area contributed by atoms with Crippen LogP contribution in [0.1, 0.15) is 67.3 Å². The van der Waals surface area contributed by atoms with Gasteiger partial charge in [0.15, 0.2) is 6.61 Å². The van der Waals surface area contributed by atoms with E-state index in [-0.39, 0.29) is 18.5 Å². The minimum Gasteiger partial charge on any atom is -0.481 e. The van der Waals surface area contributed by atoms with Crippen LogP contribution >= 0.6 is 11.3 Å². The Labute approximate surface area is 181 Å². The maximum absolute atomic E-state index is 12.6. The number of carbonyl (C=O) groups excluding carboxylic acids is 2. The Bertz CT molecular complexity index is 892. The third kappa shape index (κ3) is 5.59. The molecule has 3 rings (SSSR count). The van der Waals surface area contributed by atoms with Gasteiger partial charge in [-0.15, -0.1) is 11.3 Å². The van der Waals surface area contributed by atoms with E-state index in [0.29, 0.717) is 24.5 Å². The third-order valence-electron chi connectivity index (χ3n) is 5.11. The largest absolute Gasteiger partial charge is 0.481 e. The number of esters is 2. The Kier molecular flexibility index (Phi) is 7.85. The molecule has 0 spiro atoms. The fourth-order valence-corrected chi connectivity index (χ4v) is 4.24. The maximum atomic E-state index is 12.6. The Hall–Kier alpha value is -2.41. The van der Waals surface area contributed by atoms with Gasteiger partial charge in [0.2, 0.25) is 0 Å². The average molecular weight is 432 g/mol. The maximum Gasteiger partial charge on any atom is 0.344 e. The van der Waals surface area contributed by atoms with Crippen LogP contribution in [-0.2, 0) is 27.2 Å². The zero-order valence-corrected chi connectivity index (χ0v) is 18.7. The van der Waals surface area contributed by atoms with Crippen molar-refractivity contribution in [3.63, 3.8) is 0 Å². The number of fused-ring (bicyclic) bond motifs is 1. The molecule has 162 valence electrons. The average Bonchev–Trinajstić information content (AvgIpc) is 3.15. The summed E-state index contributed by atoms with van der Waals surface area (Å²) >= 11 is 1.53. The summed E-state index contributed by atoms with van der Waals surface area (Å²) in [6.07, 6.45) is 5.93. The SMILES string of the molecule is CCCCCCc1cc2c(cc1OCC(=O)OCC)OC(=O)C(c1csc(C)n1)C2. The molecule has 1 aromatic heterocycles. The normalized spacial score (nSPS) is 15.4. The lowest BCUT2D eigenvalue weighted by molar-refractivity contribution is -0.145. The van der Waals surface area contributed by atoms with Crippen LogP contribution in [0.5, 0.6) is 11.5 Å². The molecule has 1 atom stereocenters. The van der Waals surface area contributed by atoms with E-state index in [4.69, 9.17) is 14.2 Å². The number of nitrogens with zero attached hydrogens (tertiary/aromatic N) is 1. The molecule has 1 aliphatic rings. The molecule has 1 aromatic carbocycles. The molecule has 6 nitrogen and oxygen atoms in total. The van der Waals surface area contributed by atoms with Gasteiger partial charge in [-0.25, -0.2) is 9.78 Å². The zero-order chi connectivity index (χ0) is 21.5. The number of aromatic nitrogens is 1. The number of aryl methyl sites for hydroxylation is 2. The monoisotopic (exact) mass is 431 g/mol. The van der Waals surface area contributed by atoms with Gasteiger partial charge >= 0.3 is 11.9 Å². The molecule has 0 radical (unpaired) electrons. The first kappa shape index (κ1) is 22.3. The number of benzene rings is 1.